The van der Waals surface area contributed by atoms with Crippen LogP contribution in [-0.2, 0) is 0 Å². The number of anilines is 1. The van der Waals surface area contributed by atoms with Crippen molar-refractivity contribution in [3.63, 3.8) is 0 Å². The molecule has 2 aromatic rings. The van der Waals surface area contributed by atoms with Gasteiger partial charge in [-0.1, -0.05) is 30.3 Å². The van der Waals surface area contributed by atoms with E-state index in [-0.39, 0.29) is 0 Å². The summed E-state index contributed by atoms with van der Waals surface area (Å²) in [6.45, 7) is 5.83. The third kappa shape index (κ3) is 4.32. The van der Waals surface area contributed by atoms with E-state index in [1.807, 2.05) is 18.2 Å². The van der Waals surface area contributed by atoms with E-state index in [1.54, 1.807) is 0 Å². The van der Waals surface area contributed by atoms with Gasteiger partial charge in [-0.25, -0.2) is 0 Å². The number of benzene rings is 2. The monoisotopic (exact) mass is 255 g/mol. The molecule has 2 heteroatoms. The zero-order valence-electron chi connectivity index (χ0n) is 11.6. The van der Waals surface area contributed by atoms with Gasteiger partial charge in [0.05, 0.1) is 6.61 Å². The number of rotatable bonds is 6. The molecular weight excluding hydrogens is 234 g/mol. The minimum atomic E-state index is 0.740. The molecule has 0 fully saturated rings. The molecule has 19 heavy (non-hydrogen) atoms. The maximum atomic E-state index is 5.82. The third-order valence-electron chi connectivity index (χ3n) is 3.03. The van der Waals surface area contributed by atoms with Gasteiger partial charge < -0.3 is 10.1 Å². The van der Waals surface area contributed by atoms with Gasteiger partial charge in [-0.2, -0.15) is 0 Å². The second kappa shape index (κ2) is 6.83. The van der Waals surface area contributed by atoms with Crippen molar-refractivity contribution < 1.29 is 4.74 Å². The summed E-state index contributed by atoms with van der Waals surface area (Å²) in [6.07, 6.45) is 0.988. The largest absolute Gasteiger partial charge is 0.493 e. The van der Waals surface area contributed by atoms with Crippen LogP contribution in [0.4, 0.5) is 5.69 Å². The quantitative estimate of drug-likeness (QED) is 0.782. The van der Waals surface area contributed by atoms with Crippen LogP contribution >= 0.6 is 0 Å². The van der Waals surface area contributed by atoms with Gasteiger partial charge in [-0.05, 0) is 49.6 Å². The van der Waals surface area contributed by atoms with Crippen molar-refractivity contribution in [3.8, 4) is 5.75 Å². The molecule has 0 atom stereocenters. The van der Waals surface area contributed by atoms with Crippen molar-refractivity contribution in [1.29, 1.82) is 0 Å². The lowest BCUT2D eigenvalue weighted by atomic mass is 10.1. The van der Waals surface area contributed by atoms with Crippen molar-refractivity contribution in [2.24, 2.45) is 0 Å². The van der Waals surface area contributed by atoms with Crippen molar-refractivity contribution in [1.82, 2.24) is 0 Å². The fraction of sp³-hybridized carbons (Fsp3) is 0.294. The summed E-state index contributed by atoms with van der Waals surface area (Å²) in [5, 5.41) is 3.38. The zero-order chi connectivity index (χ0) is 13.5. The van der Waals surface area contributed by atoms with Gasteiger partial charge in [-0.3, -0.25) is 0 Å². The maximum absolute atomic E-state index is 5.82. The van der Waals surface area contributed by atoms with Gasteiger partial charge in [0, 0.05) is 12.2 Å². The number of nitrogens with one attached hydrogen (secondary N) is 1. The molecule has 0 aromatic heterocycles. The van der Waals surface area contributed by atoms with Gasteiger partial charge in [-0.15, -0.1) is 0 Å². The molecule has 0 amide bonds. The molecule has 0 saturated heterocycles. The van der Waals surface area contributed by atoms with Gasteiger partial charge in [0.1, 0.15) is 5.75 Å². The minimum absolute atomic E-state index is 0.740. The fourth-order valence-electron chi connectivity index (χ4n) is 1.91. The molecule has 0 aliphatic carbocycles. The molecule has 0 heterocycles. The maximum Gasteiger partial charge on any atom is 0.122 e. The molecule has 0 aliphatic heterocycles. The first-order valence-corrected chi connectivity index (χ1v) is 6.75. The summed E-state index contributed by atoms with van der Waals surface area (Å²) >= 11 is 0. The Hall–Kier alpha value is -1.96. The van der Waals surface area contributed by atoms with E-state index in [0.29, 0.717) is 0 Å². The van der Waals surface area contributed by atoms with Crippen molar-refractivity contribution in [3.05, 3.63) is 59.7 Å². The van der Waals surface area contributed by atoms with Crippen molar-refractivity contribution in [2.45, 2.75) is 20.3 Å². The van der Waals surface area contributed by atoms with Crippen molar-refractivity contribution >= 4 is 5.69 Å². The topological polar surface area (TPSA) is 21.3 Å². The van der Waals surface area contributed by atoms with Crippen LogP contribution in [0.15, 0.2) is 48.5 Å². The Morgan fingerprint density at radius 1 is 1.00 bits per heavy atom. The molecule has 0 radical (unpaired) electrons. The lowest BCUT2D eigenvalue weighted by Gasteiger charge is -2.10. The van der Waals surface area contributed by atoms with Crippen LogP contribution in [0.2, 0.25) is 0 Å². The molecule has 0 spiro atoms. The normalized spacial score (nSPS) is 10.2. The lowest BCUT2D eigenvalue weighted by Crippen LogP contribution is -2.07. The van der Waals surface area contributed by atoms with Gasteiger partial charge >= 0.3 is 0 Å². The highest BCUT2D eigenvalue weighted by molar-refractivity contribution is 5.42. The van der Waals surface area contributed by atoms with E-state index < -0.39 is 0 Å². The Morgan fingerprint density at radius 3 is 2.58 bits per heavy atom. The van der Waals surface area contributed by atoms with Crippen LogP contribution in [0.5, 0.6) is 5.75 Å². The highest BCUT2D eigenvalue weighted by Crippen LogP contribution is 2.19. The molecule has 2 aromatic carbocycles. The number of aryl methyl sites for hydroxylation is 2. The Morgan fingerprint density at radius 2 is 1.79 bits per heavy atom. The van der Waals surface area contributed by atoms with Crippen molar-refractivity contribution in [2.75, 3.05) is 18.5 Å². The van der Waals surface area contributed by atoms with Crippen LogP contribution in [-0.4, -0.2) is 13.2 Å². The standard InChI is InChI=1S/C17H21NO/c1-14-9-10-15(2)17(13-14)19-12-6-11-18-16-7-4-3-5-8-16/h3-5,7-10,13,18H,6,11-12H2,1-2H3. The van der Waals surface area contributed by atoms with E-state index in [0.717, 1.165) is 31.0 Å². The molecule has 0 unspecified atom stereocenters. The minimum Gasteiger partial charge on any atom is -0.493 e. The van der Waals surface area contributed by atoms with E-state index in [2.05, 4.69) is 49.5 Å². The Bertz CT molecular complexity index is 508. The molecule has 0 saturated carbocycles. The van der Waals surface area contributed by atoms with Crippen LogP contribution < -0.4 is 10.1 Å². The highest BCUT2D eigenvalue weighted by Gasteiger charge is 1.99. The Labute approximate surface area is 115 Å². The van der Waals surface area contributed by atoms with E-state index >= 15 is 0 Å². The second-order valence-corrected chi connectivity index (χ2v) is 4.76. The summed E-state index contributed by atoms with van der Waals surface area (Å²) in [6, 6.07) is 16.6. The summed E-state index contributed by atoms with van der Waals surface area (Å²) in [7, 11) is 0. The van der Waals surface area contributed by atoms with Crippen LogP contribution in [0.3, 0.4) is 0 Å². The predicted octanol–water partition coefficient (Wildman–Crippen LogP) is 4.18. The molecule has 2 nitrogen and oxygen atoms in total. The van der Waals surface area contributed by atoms with Gasteiger partial charge in [0.15, 0.2) is 0 Å². The van der Waals surface area contributed by atoms with Crippen LogP contribution in [0.25, 0.3) is 0 Å². The van der Waals surface area contributed by atoms with E-state index in [1.165, 1.54) is 11.1 Å². The first-order chi connectivity index (χ1) is 9.25. The molecule has 0 bridgehead atoms. The number of ether oxygens (including phenoxy) is 1. The first kappa shape index (κ1) is 13.5. The zero-order valence-corrected chi connectivity index (χ0v) is 11.6. The number of hydrogen-bond donors (Lipinski definition) is 1. The molecule has 100 valence electrons. The van der Waals surface area contributed by atoms with E-state index in [9.17, 15) is 0 Å². The summed E-state index contributed by atoms with van der Waals surface area (Å²) < 4.78 is 5.82. The van der Waals surface area contributed by atoms with Crippen LogP contribution in [0, 0.1) is 13.8 Å². The summed E-state index contributed by atoms with van der Waals surface area (Å²) in [5.41, 5.74) is 3.60. The summed E-state index contributed by atoms with van der Waals surface area (Å²) in [4.78, 5) is 0. The SMILES string of the molecule is Cc1ccc(C)c(OCCCNc2ccccc2)c1. The second-order valence-electron chi connectivity index (χ2n) is 4.76. The van der Waals surface area contributed by atoms with Gasteiger partial charge in [0.25, 0.3) is 0 Å². The fourth-order valence-corrected chi connectivity index (χ4v) is 1.91. The predicted molar refractivity (Wildman–Crippen MR) is 81.0 cm³/mol. The number of hydrogen-bond acceptors (Lipinski definition) is 2. The Kier molecular flexibility index (Phi) is 4.85. The summed E-state index contributed by atoms with van der Waals surface area (Å²) in [5.74, 6) is 1.000. The highest BCUT2D eigenvalue weighted by atomic mass is 16.5. The Balaban J connectivity index is 1.71. The number of para-hydroxylation sites is 1. The molecule has 0 aliphatic rings. The van der Waals surface area contributed by atoms with Crippen LogP contribution in [0.1, 0.15) is 17.5 Å². The lowest BCUT2D eigenvalue weighted by molar-refractivity contribution is 0.313. The molecule has 1 N–H and O–H groups in total. The average Bonchev–Trinajstić information content (AvgIpc) is 2.43. The first-order valence-electron chi connectivity index (χ1n) is 6.75. The third-order valence-corrected chi connectivity index (χ3v) is 3.03. The van der Waals surface area contributed by atoms with E-state index in [4.69, 9.17) is 4.74 Å². The smallest absolute Gasteiger partial charge is 0.122 e. The van der Waals surface area contributed by atoms with Gasteiger partial charge in [0.2, 0.25) is 0 Å². The molecular formula is C17H21NO. The molecule has 2 rings (SSSR count). The average molecular weight is 255 g/mol.